The Labute approximate surface area is 131 Å². The maximum absolute atomic E-state index is 13.9. The normalized spacial score (nSPS) is 21.3. The Morgan fingerprint density at radius 3 is 2.91 bits per heavy atom. The molecule has 1 aromatic carbocycles. The lowest BCUT2D eigenvalue weighted by Crippen LogP contribution is -2.57. The van der Waals surface area contributed by atoms with Gasteiger partial charge in [-0.05, 0) is 38.3 Å². The first-order valence-corrected chi connectivity index (χ1v) is 8.03. The molecule has 1 amide bonds. The summed E-state index contributed by atoms with van der Waals surface area (Å²) in [7, 11) is 0. The molecular formula is C17H26FN3O. The molecule has 1 heterocycles. The fourth-order valence-electron chi connectivity index (χ4n) is 3.01. The summed E-state index contributed by atoms with van der Waals surface area (Å²) in [6, 6.07) is 6.78. The monoisotopic (exact) mass is 307 g/mol. The quantitative estimate of drug-likeness (QED) is 0.878. The number of anilines is 1. The summed E-state index contributed by atoms with van der Waals surface area (Å²) in [4.78, 5) is 14.3. The zero-order valence-electron chi connectivity index (χ0n) is 13.4. The van der Waals surface area contributed by atoms with Crippen molar-refractivity contribution < 1.29 is 9.18 Å². The number of nitrogens with one attached hydrogen (secondary N) is 1. The van der Waals surface area contributed by atoms with E-state index in [1.54, 1.807) is 19.1 Å². The number of rotatable bonds is 5. The number of hydrogen-bond donors (Lipinski definition) is 2. The van der Waals surface area contributed by atoms with Gasteiger partial charge in [0.25, 0.3) is 0 Å². The molecule has 1 aliphatic rings. The van der Waals surface area contributed by atoms with E-state index >= 15 is 0 Å². The third kappa shape index (κ3) is 3.97. The van der Waals surface area contributed by atoms with Crippen LogP contribution < -0.4 is 16.0 Å². The van der Waals surface area contributed by atoms with Gasteiger partial charge in [-0.2, -0.15) is 0 Å². The zero-order valence-corrected chi connectivity index (χ0v) is 13.4. The van der Waals surface area contributed by atoms with Gasteiger partial charge in [-0.1, -0.05) is 25.5 Å². The molecule has 4 nitrogen and oxygen atoms in total. The third-order valence-electron chi connectivity index (χ3n) is 4.24. The van der Waals surface area contributed by atoms with Crippen molar-refractivity contribution in [2.75, 3.05) is 18.0 Å². The van der Waals surface area contributed by atoms with E-state index in [1.165, 1.54) is 6.07 Å². The van der Waals surface area contributed by atoms with Gasteiger partial charge in [-0.25, -0.2) is 4.39 Å². The second-order valence-corrected chi connectivity index (χ2v) is 6.38. The van der Waals surface area contributed by atoms with Gasteiger partial charge in [0.2, 0.25) is 5.91 Å². The van der Waals surface area contributed by atoms with Crippen molar-refractivity contribution in [1.82, 2.24) is 5.32 Å². The van der Waals surface area contributed by atoms with Gasteiger partial charge in [0.05, 0.1) is 11.2 Å². The lowest BCUT2D eigenvalue weighted by atomic mass is 9.95. The number of hydrogen-bond acceptors (Lipinski definition) is 3. The lowest BCUT2D eigenvalue weighted by molar-refractivity contribution is -0.126. The van der Waals surface area contributed by atoms with E-state index in [0.29, 0.717) is 18.7 Å². The Morgan fingerprint density at radius 2 is 2.23 bits per heavy atom. The number of nitrogens with zero attached hydrogens (tertiary/aromatic N) is 1. The van der Waals surface area contributed by atoms with Crippen molar-refractivity contribution in [2.24, 2.45) is 5.73 Å². The van der Waals surface area contributed by atoms with E-state index in [1.807, 2.05) is 17.9 Å². The van der Waals surface area contributed by atoms with Crippen LogP contribution in [-0.4, -0.2) is 30.6 Å². The fourth-order valence-corrected chi connectivity index (χ4v) is 3.01. The molecule has 1 fully saturated rings. The molecule has 2 rings (SSSR count). The molecule has 0 spiro atoms. The van der Waals surface area contributed by atoms with Crippen molar-refractivity contribution in [3.8, 4) is 0 Å². The highest BCUT2D eigenvalue weighted by atomic mass is 19.1. The van der Waals surface area contributed by atoms with Crippen LogP contribution in [0.25, 0.3) is 0 Å². The molecule has 1 saturated heterocycles. The number of amides is 1. The van der Waals surface area contributed by atoms with Gasteiger partial charge in [0, 0.05) is 19.1 Å². The molecule has 5 heteroatoms. The Kier molecular flexibility index (Phi) is 5.40. The number of carbonyl (C=O) groups excluding carboxylic acids is 1. The molecule has 0 bridgehead atoms. The second-order valence-electron chi connectivity index (χ2n) is 6.38. The molecule has 0 radical (unpaired) electrons. The zero-order chi connectivity index (χ0) is 16.2. The molecule has 1 aromatic rings. The summed E-state index contributed by atoms with van der Waals surface area (Å²) in [5.41, 5.74) is 5.84. The van der Waals surface area contributed by atoms with Gasteiger partial charge in [-0.15, -0.1) is 0 Å². The van der Waals surface area contributed by atoms with E-state index < -0.39 is 5.54 Å². The van der Waals surface area contributed by atoms with Crippen LogP contribution in [0.5, 0.6) is 0 Å². The Balaban J connectivity index is 1.99. The first-order chi connectivity index (χ1) is 10.4. The topological polar surface area (TPSA) is 58.4 Å². The minimum atomic E-state index is -0.838. The highest BCUT2D eigenvalue weighted by Gasteiger charge is 2.30. The maximum Gasteiger partial charge on any atom is 0.240 e. The molecule has 2 atom stereocenters. The maximum atomic E-state index is 13.9. The van der Waals surface area contributed by atoms with Gasteiger partial charge in [0.1, 0.15) is 5.82 Å². The summed E-state index contributed by atoms with van der Waals surface area (Å²) in [6.07, 6.45) is 3.35. The molecule has 1 aliphatic heterocycles. The van der Waals surface area contributed by atoms with E-state index in [0.717, 1.165) is 25.8 Å². The number of halogens is 1. The van der Waals surface area contributed by atoms with Crippen LogP contribution in [0.3, 0.4) is 0 Å². The lowest BCUT2D eigenvalue weighted by Gasteiger charge is -2.36. The standard InChI is InChI=1S/C17H26FN3O/c1-3-10-17(2,19)16(22)20-13-7-6-11-21(12-13)15-9-5-4-8-14(15)18/h4-5,8-9,13H,3,6-7,10-12,19H2,1-2H3,(H,20,22). The van der Waals surface area contributed by atoms with Gasteiger partial charge in [-0.3, -0.25) is 4.79 Å². The number of para-hydroxylation sites is 1. The first kappa shape index (κ1) is 16.7. The average molecular weight is 307 g/mol. The van der Waals surface area contributed by atoms with Crippen LogP contribution in [0.2, 0.25) is 0 Å². The van der Waals surface area contributed by atoms with Crippen LogP contribution in [0.1, 0.15) is 39.5 Å². The summed E-state index contributed by atoms with van der Waals surface area (Å²) in [5, 5.41) is 3.04. The SMILES string of the molecule is CCCC(C)(N)C(=O)NC1CCCN(c2ccccc2F)C1. The van der Waals surface area contributed by atoms with Crippen molar-refractivity contribution in [2.45, 2.75) is 51.1 Å². The molecule has 0 saturated carbocycles. The van der Waals surface area contributed by atoms with E-state index in [-0.39, 0.29) is 17.8 Å². The summed E-state index contributed by atoms with van der Waals surface area (Å²) in [5.74, 6) is -0.334. The van der Waals surface area contributed by atoms with Crippen LogP contribution in [0.4, 0.5) is 10.1 Å². The van der Waals surface area contributed by atoms with Crippen molar-refractivity contribution >= 4 is 11.6 Å². The summed E-state index contributed by atoms with van der Waals surface area (Å²) >= 11 is 0. The Bertz CT molecular complexity index is 518. The predicted octanol–water partition coefficient (Wildman–Crippen LogP) is 2.43. The summed E-state index contributed by atoms with van der Waals surface area (Å²) < 4.78 is 13.9. The van der Waals surface area contributed by atoms with Gasteiger partial charge >= 0.3 is 0 Å². The number of piperidine rings is 1. The van der Waals surface area contributed by atoms with Gasteiger partial charge in [0.15, 0.2) is 0 Å². The predicted molar refractivity (Wildman–Crippen MR) is 87.3 cm³/mol. The second kappa shape index (κ2) is 7.09. The molecule has 22 heavy (non-hydrogen) atoms. The molecule has 0 aliphatic carbocycles. The Hall–Kier alpha value is -1.62. The largest absolute Gasteiger partial charge is 0.367 e. The van der Waals surface area contributed by atoms with E-state index in [9.17, 15) is 9.18 Å². The van der Waals surface area contributed by atoms with Crippen molar-refractivity contribution in [3.63, 3.8) is 0 Å². The minimum Gasteiger partial charge on any atom is -0.367 e. The van der Waals surface area contributed by atoms with Crippen LogP contribution in [0, 0.1) is 5.82 Å². The minimum absolute atomic E-state index is 0.0144. The van der Waals surface area contributed by atoms with E-state index in [2.05, 4.69) is 5.32 Å². The number of carbonyl (C=O) groups is 1. The highest BCUT2D eigenvalue weighted by molar-refractivity contribution is 5.85. The van der Waals surface area contributed by atoms with Crippen LogP contribution >= 0.6 is 0 Å². The molecule has 0 aromatic heterocycles. The first-order valence-electron chi connectivity index (χ1n) is 8.03. The average Bonchev–Trinajstić information content (AvgIpc) is 2.48. The fraction of sp³-hybridized carbons (Fsp3) is 0.588. The van der Waals surface area contributed by atoms with Crippen molar-refractivity contribution in [1.29, 1.82) is 0 Å². The van der Waals surface area contributed by atoms with Crippen molar-refractivity contribution in [3.05, 3.63) is 30.1 Å². The van der Waals surface area contributed by atoms with Crippen LogP contribution in [-0.2, 0) is 4.79 Å². The van der Waals surface area contributed by atoms with E-state index in [4.69, 9.17) is 5.73 Å². The highest BCUT2D eigenvalue weighted by Crippen LogP contribution is 2.23. The van der Waals surface area contributed by atoms with Crippen LogP contribution in [0.15, 0.2) is 24.3 Å². The molecule has 2 unspecified atom stereocenters. The molecule has 122 valence electrons. The molecular weight excluding hydrogens is 281 g/mol. The number of benzene rings is 1. The Morgan fingerprint density at radius 1 is 1.50 bits per heavy atom. The third-order valence-corrected chi connectivity index (χ3v) is 4.24. The summed E-state index contributed by atoms with van der Waals surface area (Å²) in [6.45, 7) is 5.21. The molecule has 3 N–H and O–H groups in total. The number of nitrogens with two attached hydrogens (primary N) is 1. The smallest absolute Gasteiger partial charge is 0.240 e. The van der Waals surface area contributed by atoms with Gasteiger partial charge < -0.3 is 16.0 Å².